The van der Waals surface area contributed by atoms with Gasteiger partial charge in [-0.2, -0.15) is 5.10 Å². The van der Waals surface area contributed by atoms with E-state index < -0.39 is 0 Å². The molecular weight excluding hydrogens is 226 g/mol. The van der Waals surface area contributed by atoms with E-state index in [2.05, 4.69) is 30.8 Å². The number of carbonyl (C=O) groups excluding carboxylic acids is 1. The van der Waals surface area contributed by atoms with E-state index in [4.69, 9.17) is 0 Å². The molecule has 1 heterocycles. The van der Waals surface area contributed by atoms with Gasteiger partial charge in [0.1, 0.15) is 5.82 Å². The SMILES string of the molecule is CCC(CC)CN(CC)c1c(C=O)c(C)nn1C. The Balaban J connectivity index is 3.04. The second-order valence-electron chi connectivity index (χ2n) is 4.79. The fourth-order valence-corrected chi connectivity index (χ4v) is 2.40. The van der Waals surface area contributed by atoms with Crippen molar-refractivity contribution in [3.8, 4) is 0 Å². The molecule has 0 aliphatic carbocycles. The van der Waals surface area contributed by atoms with Crippen molar-refractivity contribution in [3.05, 3.63) is 11.3 Å². The molecule has 0 spiro atoms. The molecule has 18 heavy (non-hydrogen) atoms. The van der Waals surface area contributed by atoms with E-state index in [1.165, 1.54) is 12.8 Å². The van der Waals surface area contributed by atoms with Crippen LogP contribution in [0.3, 0.4) is 0 Å². The second kappa shape index (κ2) is 6.57. The lowest BCUT2D eigenvalue weighted by molar-refractivity contribution is 0.112. The highest BCUT2D eigenvalue weighted by Crippen LogP contribution is 2.23. The maximum Gasteiger partial charge on any atom is 0.155 e. The maximum atomic E-state index is 11.2. The molecule has 0 atom stereocenters. The van der Waals surface area contributed by atoms with Crippen LogP contribution in [0.1, 0.15) is 49.7 Å². The highest BCUT2D eigenvalue weighted by molar-refractivity contribution is 5.84. The lowest BCUT2D eigenvalue weighted by Gasteiger charge is -2.27. The van der Waals surface area contributed by atoms with E-state index >= 15 is 0 Å². The van der Waals surface area contributed by atoms with Crippen molar-refractivity contribution in [1.29, 1.82) is 0 Å². The van der Waals surface area contributed by atoms with E-state index in [1.54, 1.807) is 0 Å². The molecule has 0 bridgehead atoms. The fraction of sp³-hybridized carbons (Fsp3) is 0.714. The van der Waals surface area contributed by atoms with Crippen LogP contribution in [-0.4, -0.2) is 29.2 Å². The van der Waals surface area contributed by atoms with Crippen molar-refractivity contribution in [1.82, 2.24) is 9.78 Å². The van der Waals surface area contributed by atoms with Crippen LogP contribution in [-0.2, 0) is 7.05 Å². The number of nitrogens with zero attached hydrogens (tertiary/aromatic N) is 3. The summed E-state index contributed by atoms with van der Waals surface area (Å²) in [7, 11) is 1.91. The Morgan fingerprint density at radius 1 is 1.33 bits per heavy atom. The number of aryl methyl sites for hydroxylation is 2. The van der Waals surface area contributed by atoms with Gasteiger partial charge in [0.05, 0.1) is 11.3 Å². The summed E-state index contributed by atoms with van der Waals surface area (Å²) in [6, 6.07) is 0. The molecule has 1 aromatic heterocycles. The summed E-state index contributed by atoms with van der Waals surface area (Å²) in [5, 5.41) is 4.35. The summed E-state index contributed by atoms with van der Waals surface area (Å²) in [6.45, 7) is 10.3. The summed E-state index contributed by atoms with van der Waals surface area (Å²) in [6.07, 6.45) is 3.26. The Kier molecular flexibility index (Phi) is 5.38. The van der Waals surface area contributed by atoms with Crippen LogP contribution in [0.25, 0.3) is 0 Å². The zero-order valence-electron chi connectivity index (χ0n) is 12.2. The molecule has 0 aliphatic rings. The molecular formula is C14H25N3O. The molecule has 4 nitrogen and oxygen atoms in total. The van der Waals surface area contributed by atoms with Crippen LogP contribution in [0.15, 0.2) is 0 Å². The van der Waals surface area contributed by atoms with Gasteiger partial charge in [-0.25, -0.2) is 0 Å². The van der Waals surface area contributed by atoms with Gasteiger partial charge in [0.25, 0.3) is 0 Å². The second-order valence-corrected chi connectivity index (χ2v) is 4.79. The van der Waals surface area contributed by atoms with E-state index in [1.807, 2.05) is 18.7 Å². The van der Waals surface area contributed by atoms with E-state index in [9.17, 15) is 4.79 Å². The maximum absolute atomic E-state index is 11.2. The monoisotopic (exact) mass is 251 g/mol. The van der Waals surface area contributed by atoms with Crippen molar-refractivity contribution in [2.24, 2.45) is 13.0 Å². The number of hydrogen-bond donors (Lipinski definition) is 0. The first-order valence-electron chi connectivity index (χ1n) is 6.82. The van der Waals surface area contributed by atoms with Gasteiger partial charge in [-0.3, -0.25) is 9.48 Å². The number of aromatic nitrogens is 2. The molecule has 102 valence electrons. The third-order valence-corrected chi connectivity index (χ3v) is 3.67. The van der Waals surface area contributed by atoms with Gasteiger partial charge in [0.2, 0.25) is 0 Å². The molecule has 4 heteroatoms. The lowest BCUT2D eigenvalue weighted by atomic mass is 10.0. The molecule has 0 saturated carbocycles. The number of anilines is 1. The van der Waals surface area contributed by atoms with E-state index in [0.717, 1.165) is 36.5 Å². The zero-order chi connectivity index (χ0) is 13.7. The van der Waals surface area contributed by atoms with Gasteiger partial charge in [0, 0.05) is 20.1 Å². The summed E-state index contributed by atoms with van der Waals surface area (Å²) in [4.78, 5) is 13.5. The van der Waals surface area contributed by atoms with Gasteiger partial charge < -0.3 is 4.90 Å². The topological polar surface area (TPSA) is 38.1 Å². The zero-order valence-corrected chi connectivity index (χ0v) is 12.2. The Morgan fingerprint density at radius 2 is 1.94 bits per heavy atom. The van der Waals surface area contributed by atoms with Crippen molar-refractivity contribution in [3.63, 3.8) is 0 Å². The predicted octanol–water partition coefficient (Wildman–Crippen LogP) is 2.80. The normalized spacial score (nSPS) is 11.0. The van der Waals surface area contributed by atoms with Crippen molar-refractivity contribution in [2.45, 2.75) is 40.5 Å². The lowest BCUT2D eigenvalue weighted by Crippen LogP contribution is -2.31. The Hall–Kier alpha value is -1.32. The quantitative estimate of drug-likeness (QED) is 0.699. The number of aldehydes is 1. The largest absolute Gasteiger partial charge is 0.356 e. The molecule has 0 aliphatic heterocycles. The molecule has 0 radical (unpaired) electrons. The Bertz CT molecular complexity index is 394. The van der Waals surface area contributed by atoms with Gasteiger partial charge in [0.15, 0.2) is 6.29 Å². The first-order valence-corrected chi connectivity index (χ1v) is 6.82. The third-order valence-electron chi connectivity index (χ3n) is 3.67. The van der Waals surface area contributed by atoms with Crippen LogP contribution >= 0.6 is 0 Å². The van der Waals surface area contributed by atoms with Crippen molar-refractivity contribution in [2.75, 3.05) is 18.0 Å². The molecule has 1 aromatic rings. The summed E-state index contributed by atoms with van der Waals surface area (Å²) >= 11 is 0. The van der Waals surface area contributed by atoms with E-state index in [0.29, 0.717) is 5.92 Å². The average Bonchev–Trinajstić information content (AvgIpc) is 2.65. The molecule has 0 aromatic carbocycles. The van der Waals surface area contributed by atoms with Crippen LogP contribution in [0.4, 0.5) is 5.82 Å². The molecule has 0 amide bonds. The van der Waals surface area contributed by atoms with Gasteiger partial charge in [-0.1, -0.05) is 26.7 Å². The van der Waals surface area contributed by atoms with Gasteiger partial charge >= 0.3 is 0 Å². The first kappa shape index (κ1) is 14.7. The van der Waals surface area contributed by atoms with Gasteiger partial charge in [-0.05, 0) is 19.8 Å². The highest BCUT2D eigenvalue weighted by atomic mass is 16.1. The summed E-state index contributed by atoms with van der Waals surface area (Å²) < 4.78 is 1.82. The molecule has 0 saturated heterocycles. The van der Waals surface area contributed by atoms with Crippen molar-refractivity contribution >= 4 is 12.1 Å². The highest BCUT2D eigenvalue weighted by Gasteiger charge is 2.19. The Morgan fingerprint density at radius 3 is 2.39 bits per heavy atom. The van der Waals surface area contributed by atoms with Crippen LogP contribution in [0, 0.1) is 12.8 Å². The summed E-state index contributed by atoms with van der Waals surface area (Å²) in [5.41, 5.74) is 1.54. The van der Waals surface area contributed by atoms with Crippen LogP contribution < -0.4 is 4.90 Å². The molecule has 0 unspecified atom stereocenters. The predicted molar refractivity (Wildman–Crippen MR) is 75.3 cm³/mol. The molecule has 0 fully saturated rings. The number of hydrogen-bond acceptors (Lipinski definition) is 3. The van der Waals surface area contributed by atoms with Gasteiger partial charge in [-0.15, -0.1) is 0 Å². The number of rotatable bonds is 7. The minimum Gasteiger partial charge on any atom is -0.356 e. The molecule has 0 N–H and O–H groups in total. The number of carbonyl (C=O) groups is 1. The first-order chi connectivity index (χ1) is 8.58. The third kappa shape index (κ3) is 2.92. The van der Waals surface area contributed by atoms with Crippen LogP contribution in [0.2, 0.25) is 0 Å². The average molecular weight is 251 g/mol. The van der Waals surface area contributed by atoms with Crippen molar-refractivity contribution < 1.29 is 4.79 Å². The Labute approximate surface area is 110 Å². The smallest absolute Gasteiger partial charge is 0.155 e. The van der Waals surface area contributed by atoms with E-state index in [-0.39, 0.29) is 0 Å². The minimum atomic E-state index is 0.666. The standard InChI is InChI=1S/C14H25N3O/c1-6-12(7-2)9-17(8-3)14-13(10-18)11(4)15-16(14)5/h10,12H,6-9H2,1-5H3. The minimum absolute atomic E-state index is 0.666. The van der Waals surface area contributed by atoms with Crippen LogP contribution in [0.5, 0.6) is 0 Å². The molecule has 1 rings (SSSR count). The fourth-order valence-electron chi connectivity index (χ4n) is 2.40. The summed E-state index contributed by atoms with van der Waals surface area (Å²) in [5.74, 6) is 1.62.